The van der Waals surface area contributed by atoms with Crippen LogP contribution in [-0.4, -0.2) is 14.9 Å². The number of benzene rings is 1. The second-order valence-corrected chi connectivity index (χ2v) is 10.3. The van der Waals surface area contributed by atoms with Crippen LogP contribution in [0.2, 0.25) is 5.04 Å². The second kappa shape index (κ2) is 6.57. The van der Waals surface area contributed by atoms with Crippen LogP contribution in [0, 0.1) is 5.82 Å². The van der Waals surface area contributed by atoms with Gasteiger partial charge in [0.25, 0.3) is 0 Å². The van der Waals surface area contributed by atoms with Gasteiger partial charge >= 0.3 is 6.18 Å². The Labute approximate surface area is 146 Å². The summed E-state index contributed by atoms with van der Waals surface area (Å²) in [7, 11) is -0.905. The van der Waals surface area contributed by atoms with E-state index < -0.39 is 32.9 Å². The summed E-state index contributed by atoms with van der Waals surface area (Å²) >= 11 is 0. The zero-order valence-corrected chi connectivity index (χ0v) is 16.2. The van der Waals surface area contributed by atoms with Gasteiger partial charge in [0.05, 0.1) is 5.56 Å². The molecule has 0 saturated heterocycles. The first-order valence-electron chi connectivity index (χ1n) is 7.78. The fourth-order valence-corrected chi connectivity index (χ4v) is 3.06. The Balaban J connectivity index is 2.36. The largest absolute Gasteiger partial charge is 0.417 e. The highest BCUT2D eigenvalue weighted by molar-refractivity contribution is 6.31. The molecule has 138 valence electrons. The first-order chi connectivity index (χ1) is 11.3. The van der Waals surface area contributed by atoms with Crippen molar-refractivity contribution >= 4 is 9.76 Å². The van der Waals surface area contributed by atoms with Crippen molar-refractivity contribution in [1.29, 1.82) is 0 Å². The first kappa shape index (κ1) is 19.6. The lowest BCUT2D eigenvalue weighted by molar-refractivity contribution is -0.137. The molecule has 2 rings (SSSR count). The number of hydrogen-bond acceptors (Lipinski definition) is 3. The first-order valence-corrected chi connectivity index (χ1v) is 9.06. The third kappa shape index (κ3) is 4.91. The number of aromatic nitrogens is 1. The van der Waals surface area contributed by atoms with Crippen molar-refractivity contribution in [2.75, 3.05) is 0 Å². The van der Waals surface area contributed by atoms with Gasteiger partial charge in [-0.15, -0.1) is 0 Å². The van der Waals surface area contributed by atoms with Crippen LogP contribution in [0.1, 0.15) is 45.9 Å². The van der Waals surface area contributed by atoms with Crippen molar-refractivity contribution in [3.63, 3.8) is 0 Å². The Morgan fingerprint density at radius 3 is 2.24 bits per heavy atom. The van der Waals surface area contributed by atoms with Gasteiger partial charge < -0.3 is 8.95 Å². The molecule has 3 nitrogen and oxygen atoms in total. The highest BCUT2D eigenvalue weighted by Crippen LogP contribution is 2.38. The summed E-state index contributed by atoms with van der Waals surface area (Å²) in [4.78, 5) is 0. The van der Waals surface area contributed by atoms with Crippen LogP contribution in [-0.2, 0) is 16.2 Å². The van der Waals surface area contributed by atoms with E-state index in [1.807, 2.05) is 0 Å². The molecule has 0 fully saturated rings. The summed E-state index contributed by atoms with van der Waals surface area (Å²) in [5.74, 6) is -0.628. The molecule has 8 heteroatoms. The summed E-state index contributed by atoms with van der Waals surface area (Å²) in [5, 5.41) is 3.80. The molecule has 0 saturated carbocycles. The van der Waals surface area contributed by atoms with E-state index in [4.69, 9.17) is 8.95 Å². The van der Waals surface area contributed by atoms with Gasteiger partial charge in [-0.25, -0.2) is 4.39 Å². The van der Waals surface area contributed by atoms with Gasteiger partial charge in [0, 0.05) is 11.6 Å². The van der Waals surface area contributed by atoms with Crippen LogP contribution in [0.4, 0.5) is 17.6 Å². The molecule has 1 aromatic heterocycles. The van der Waals surface area contributed by atoms with Crippen molar-refractivity contribution in [2.45, 2.75) is 51.4 Å². The summed E-state index contributed by atoms with van der Waals surface area (Å²) in [6.45, 7) is 9.76. The van der Waals surface area contributed by atoms with E-state index in [2.05, 4.69) is 25.9 Å². The molecular formula is C17H21F4NO2Si. The zero-order chi connectivity index (χ0) is 19.0. The van der Waals surface area contributed by atoms with Crippen LogP contribution in [0.5, 0.6) is 0 Å². The molecule has 0 unspecified atom stereocenters. The van der Waals surface area contributed by atoms with E-state index in [9.17, 15) is 17.6 Å². The molecule has 0 aliphatic rings. The number of hydrogen-bond donors (Lipinski definition) is 0. The zero-order valence-electron chi connectivity index (χ0n) is 14.8. The molecule has 0 spiro atoms. The molecular weight excluding hydrogens is 354 g/mol. The predicted molar refractivity (Wildman–Crippen MR) is 89.3 cm³/mol. The van der Waals surface area contributed by atoms with E-state index in [1.54, 1.807) is 13.8 Å². The highest BCUT2D eigenvalue weighted by atomic mass is 28.2. The van der Waals surface area contributed by atoms with Crippen LogP contribution < -0.4 is 0 Å². The van der Waals surface area contributed by atoms with Crippen LogP contribution in [0.25, 0.3) is 11.3 Å². The molecule has 1 aromatic carbocycles. The average molecular weight is 375 g/mol. The maximum Gasteiger partial charge on any atom is 0.417 e. The smallest absolute Gasteiger partial charge is 0.411 e. The minimum atomic E-state index is -4.69. The van der Waals surface area contributed by atoms with Crippen molar-refractivity contribution in [2.24, 2.45) is 0 Å². The van der Waals surface area contributed by atoms with Gasteiger partial charge in [0.15, 0.2) is 15.5 Å². The quantitative estimate of drug-likeness (QED) is 0.554. The van der Waals surface area contributed by atoms with Crippen molar-refractivity contribution in [3.05, 3.63) is 41.4 Å². The van der Waals surface area contributed by atoms with Gasteiger partial charge in [-0.1, -0.05) is 25.9 Å². The fourth-order valence-electron chi connectivity index (χ4n) is 2.13. The predicted octanol–water partition coefficient (Wildman–Crippen LogP) is 5.05. The normalized spacial score (nSPS) is 13.8. The molecule has 0 radical (unpaired) electrons. The van der Waals surface area contributed by atoms with Gasteiger partial charge in [-0.05, 0) is 37.1 Å². The van der Waals surface area contributed by atoms with E-state index >= 15 is 0 Å². The standard InChI is InChI=1S/C17H21F4NO2Si/c1-15(2,3)25-24-16(4,5)14-9-13(22-23-14)11-7-6-10(18)8-12(11)17(19,20)21/h6-9H,25H2,1-5H3. The molecule has 0 amide bonds. The summed E-state index contributed by atoms with van der Waals surface area (Å²) in [6.07, 6.45) is -4.69. The van der Waals surface area contributed by atoms with Crippen molar-refractivity contribution in [3.8, 4) is 11.3 Å². The van der Waals surface area contributed by atoms with Crippen molar-refractivity contribution < 1.29 is 26.5 Å². The second-order valence-electron chi connectivity index (χ2n) is 7.62. The number of nitrogens with zero attached hydrogens (tertiary/aromatic N) is 1. The third-order valence-corrected chi connectivity index (χ3v) is 5.26. The van der Waals surface area contributed by atoms with Gasteiger partial charge in [-0.3, -0.25) is 0 Å². The van der Waals surface area contributed by atoms with Gasteiger partial charge in [-0.2, -0.15) is 13.2 Å². The van der Waals surface area contributed by atoms with Crippen LogP contribution in [0.15, 0.2) is 28.8 Å². The van der Waals surface area contributed by atoms with Gasteiger partial charge in [0.2, 0.25) is 0 Å². The van der Waals surface area contributed by atoms with E-state index in [1.165, 1.54) is 6.07 Å². The maximum absolute atomic E-state index is 13.2. The monoisotopic (exact) mass is 375 g/mol. The molecule has 2 aromatic rings. The molecule has 0 aliphatic heterocycles. The Morgan fingerprint density at radius 1 is 1.04 bits per heavy atom. The molecule has 0 bridgehead atoms. The van der Waals surface area contributed by atoms with E-state index in [-0.39, 0.29) is 16.3 Å². The minimum Gasteiger partial charge on any atom is -0.411 e. The molecule has 0 N–H and O–H groups in total. The van der Waals surface area contributed by atoms with Crippen molar-refractivity contribution in [1.82, 2.24) is 5.16 Å². The Morgan fingerprint density at radius 2 is 1.68 bits per heavy atom. The lowest BCUT2D eigenvalue weighted by Crippen LogP contribution is -2.27. The van der Waals surface area contributed by atoms with Gasteiger partial charge in [0.1, 0.15) is 17.1 Å². The summed E-state index contributed by atoms with van der Waals surface area (Å²) < 4.78 is 63.9. The lowest BCUT2D eigenvalue weighted by atomic mass is 10.0. The Kier molecular flexibility index (Phi) is 5.16. The minimum absolute atomic E-state index is 0.00331. The lowest BCUT2D eigenvalue weighted by Gasteiger charge is -2.27. The molecule has 0 aliphatic carbocycles. The molecule has 0 atom stereocenters. The van der Waals surface area contributed by atoms with E-state index in [0.29, 0.717) is 11.8 Å². The van der Waals surface area contributed by atoms with Crippen LogP contribution in [0.3, 0.4) is 0 Å². The summed E-state index contributed by atoms with van der Waals surface area (Å²) in [5.41, 5.74) is -2.12. The third-order valence-electron chi connectivity index (χ3n) is 3.53. The Bertz CT molecular complexity index is 748. The number of alkyl halides is 3. The topological polar surface area (TPSA) is 35.3 Å². The fraction of sp³-hybridized carbons (Fsp3) is 0.471. The number of rotatable bonds is 4. The molecule has 1 heterocycles. The molecule has 25 heavy (non-hydrogen) atoms. The highest BCUT2D eigenvalue weighted by Gasteiger charge is 2.36. The maximum atomic E-state index is 13.2. The SMILES string of the molecule is CC(C)(C)[SiH2]OC(C)(C)c1cc(-c2ccc(F)cc2C(F)(F)F)no1. The van der Waals surface area contributed by atoms with Crippen LogP contribution >= 0.6 is 0 Å². The average Bonchev–Trinajstić information content (AvgIpc) is 2.94. The summed E-state index contributed by atoms with van der Waals surface area (Å²) in [6, 6.07) is 3.89. The van der Waals surface area contributed by atoms with E-state index in [0.717, 1.165) is 12.1 Å². The Hall–Kier alpha value is -1.67. The number of halogens is 4.